The molecule has 2 aromatic heterocycles. The maximum atomic E-state index is 6.21. The molecule has 8 heteroatoms. The summed E-state index contributed by atoms with van der Waals surface area (Å²) in [5, 5.41) is 4.62. The molecule has 2 aliphatic carbocycles. The molecule has 2 heterocycles. The lowest BCUT2D eigenvalue weighted by molar-refractivity contribution is 0.0942. The van der Waals surface area contributed by atoms with E-state index in [-0.39, 0.29) is 0 Å². The molecule has 4 rings (SSSR count). The minimum atomic E-state index is -1.13. The van der Waals surface area contributed by atoms with Crippen LogP contribution in [0.3, 0.4) is 0 Å². The molecule has 2 bridgehead atoms. The van der Waals surface area contributed by atoms with E-state index in [0.717, 1.165) is 36.5 Å². The molecule has 0 N–H and O–H groups in total. The summed E-state index contributed by atoms with van der Waals surface area (Å²) in [5.74, 6) is 3.39. The Hall–Kier alpha value is -1.23. The highest BCUT2D eigenvalue weighted by Crippen LogP contribution is 2.48. The van der Waals surface area contributed by atoms with Gasteiger partial charge in [-0.15, -0.1) is 0 Å². The summed E-state index contributed by atoms with van der Waals surface area (Å²) in [6.07, 6.45) is 8.67. The predicted octanol–water partition coefficient (Wildman–Crippen LogP) is 6.45. The van der Waals surface area contributed by atoms with Gasteiger partial charge in [0.15, 0.2) is 5.65 Å². The molecule has 0 radical (unpaired) electrons. The number of rotatable bonds is 12. The highest BCUT2D eigenvalue weighted by molar-refractivity contribution is 6.76. The highest BCUT2D eigenvalue weighted by atomic mass is 28.3. The van der Waals surface area contributed by atoms with Crippen molar-refractivity contribution in [1.82, 2.24) is 14.6 Å². The average molecular weight is 503 g/mol. The van der Waals surface area contributed by atoms with Gasteiger partial charge in [-0.1, -0.05) is 52.1 Å². The summed E-state index contributed by atoms with van der Waals surface area (Å²) in [6.45, 7) is 17.0. The van der Waals surface area contributed by atoms with Crippen LogP contribution in [0.4, 0.5) is 5.82 Å². The Morgan fingerprint density at radius 3 is 2.06 bits per heavy atom. The number of nitrogens with zero attached hydrogens (tertiary/aromatic N) is 4. The third kappa shape index (κ3) is 7.15. The summed E-state index contributed by atoms with van der Waals surface area (Å²) < 4.78 is 14.4. The third-order valence-electron chi connectivity index (χ3n) is 7.48. The van der Waals surface area contributed by atoms with Gasteiger partial charge in [-0.3, -0.25) is 0 Å². The Kier molecular flexibility index (Phi) is 8.22. The Balaban J connectivity index is 1.53. The molecule has 0 saturated heterocycles. The molecule has 0 amide bonds. The SMILES string of the molecule is C[Si](C)(C)CCOCN(COCC[Si](C)(C)C)c1cc([C@@H]2C[C@@H]3CC[C@@H](C3)C2)nc2ccnn12. The molecular formula is C26H46N4O2Si2. The Morgan fingerprint density at radius 2 is 1.50 bits per heavy atom. The molecule has 190 valence electrons. The molecular weight excluding hydrogens is 456 g/mol. The van der Waals surface area contributed by atoms with Crippen LogP contribution in [0.15, 0.2) is 18.3 Å². The van der Waals surface area contributed by atoms with Crippen LogP contribution in [-0.4, -0.2) is 57.4 Å². The number of fused-ring (bicyclic) bond motifs is 3. The van der Waals surface area contributed by atoms with Gasteiger partial charge < -0.3 is 14.4 Å². The van der Waals surface area contributed by atoms with Crippen molar-refractivity contribution in [2.75, 3.05) is 31.6 Å². The van der Waals surface area contributed by atoms with Crippen LogP contribution in [-0.2, 0) is 9.47 Å². The van der Waals surface area contributed by atoms with Crippen molar-refractivity contribution in [3.8, 4) is 0 Å². The van der Waals surface area contributed by atoms with Gasteiger partial charge in [0.05, 0.1) is 6.20 Å². The van der Waals surface area contributed by atoms with Crippen LogP contribution in [0.25, 0.3) is 5.65 Å². The topological polar surface area (TPSA) is 51.9 Å². The quantitative estimate of drug-likeness (QED) is 0.189. The number of hydrogen-bond acceptors (Lipinski definition) is 5. The molecule has 2 aliphatic rings. The summed E-state index contributed by atoms with van der Waals surface area (Å²) in [7, 11) is -2.26. The fraction of sp³-hybridized carbons (Fsp3) is 0.769. The fourth-order valence-electron chi connectivity index (χ4n) is 5.37. The van der Waals surface area contributed by atoms with E-state index in [0.29, 0.717) is 19.4 Å². The van der Waals surface area contributed by atoms with Crippen LogP contribution in [0, 0.1) is 11.8 Å². The molecule has 3 atom stereocenters. The predicted molar refractivity (Wildman–Crippen MR) is 146 cm³/mol. The molecule has 6 nitrogen and oxygen atoms in total. The molecule has 0 spiro atoms. The van der Waals surface area contributed by atoms with Crippen molar-refractivity contribution in [2.24, 2.45) is 11.8 Å². The summed E-state index contributed by atoms with van der Waals surface area (Å²) >= 11 is 0. The van der Waals surface area contributed by atoms with Crippen molar-refractivity contribution < 1.29 is 9.47 Å². The van der Waals surface area contributed by atoms with Crippen LogP contribution in [0.5, 0.6) is 0 Å². The van der Waals surface area contributed by atoms with Crippen LogP contribution < -0.4 is 4.90 Å². The first kappa shape index (κ1) is 25.9. The van der Waals surface area contributed by atoms with E-state index in [1.54, 1.807) is 0 Å². The van der Waals surface area contributed by atoms with Crippen molar-refractivity contribution in [2.45, 2.75) is 89.4 Å². The monoisotopic (exact) mass is 502 g/mol. The zero-order chi connectivity index (χ0) is 24.3. The van der Waals surface area contributed by atoms with E-state index in [1.807, 2.05) is 16.8 Å². The minimum Gasteiger partial charge on any atom is -0.361 e. The molecule has 2 saturated carbocycles. The van der Waals surface area contributed by atoms with Crippen molar-refractivity contribution in [3.63, 3.8) is 0 Å². The second-order valence-corrected chi connectivity index (χ2v) is 24.3. The standard InChI is InChI=1S/C26H46N4O2Si2/c1-33(2,3)13-11-31-19-29(20-32-12-14-34(4,5)6)26-18-24(28-25-9-10-27-30(25)26)23-16-21-7-8-22(15-21)17-23/h9-10,18,21-23H,7-8,11-17,19-20H2,1-6H3/t21-,22+,23-. The summed E-state index contributed by atoms with van der Waals surface area (Å²) in [4.78, 5) is 7.28. The van der Waals surface area contributed by atoms with Gasteiger partial charge in [0, 0.05) is 53.1 Å². The number of hydrogen-bond donors (Lipinski definition) is 0. The number of anilines is 1. The Bertz CT molecular complexity index is 903. The van der Waals surface area contributed by atoms with Gasteiger partial charge in [-0.2, -0.15) is 9.61 Å². The zero-order valence-electron chi connectivity index (χ0n) is 22.3. The largest absolute Gasteiger partial charge is 0.361 e. The lowest BCUT2D eigenvalue weighted by Crippen LogP contribution is -2.33. The minimum absolute atomic E-state index is 0.520. The third-order valence-corrected chi connectivity index (χ3v) is 10.9. The second kappa shape index (κ2) is 10.8. The fourth-order valence-corrected chi connectivity index (χ4v) is 6.89. The number of ether oxygens (including phenoxy) is 2. The Labute approximate surface area is 208 Å². The van der Waals surface area contributed by atoms with Crippen molar-refractivity contribution in [1.29, 1.82) is 0 Å². The highest BCUT2D eigenvalue weighted by Gasteiger charge is 2.35. The maximum Gasteiger partial charge on any atom is 0.157 e. The molecule has 0 aliphatic heterocycles. The zero-order valence-corrected chi connectivity index (χ0v) is 24.3. The van der Waals surface area contributed by atoms with Gasteiger partial charge in [0.2, 0.25) is 0 Å². The smallest absolute Gasteiger partial charge is 0.157 e. The van der Waals surface area contributed by atoms with E-state index in [9.17, 15) is 0 Å². The molecule has 0 aromatic carbocycles. The average Bonchev–Trinajstić information content (AvgIpc) is 3.36. The second-order valence-electron chi connectivity index (χ2n) is 13.1. The lowest BCUT2D eigenvalue weighted by atomic mass is 9.79. The summed E-state index contributed by atoms with van der Waals surface area (Å²) in [5.41, 5.74) is 2.16. The normalized spacial score (nSPS) is 23.1. The molecule has 34 heavy (non-hydrogen) atoms. The van der Waals surface area contributed by atoms with Crippen LogP contribution in [0.2, 0.25) is 51.4 Å². The Morgan fingerprint density at radius 1 is 0.912 bits per heavy atom. The molecule has 2 aromatic rings. The van der Waals surface area contributed by atoms with Gasteiger partial charge in [-0.25, -0.2) is 4.98 Å². The van der Waals surface area contributed by atoms with Gasteiger partial charge in [-0.05, 0) is 43.2 Å². The molecule has 0 unspecified atom stereocenters. The van der Waals surface area contributed by atoms with Crippen molar-refractivity contribution >= 4 is 27.6 Å². The first-order chi connectivity index (χ1) is 16.1. The van der Waals surface area contributed by atoms with Gasteiger partial charge in [0.1, 0.15) is 19.3 Å². The van der Waals surface area contributed by atoms with Gasteiger partial charge in [0.25, 0.3) is 0 Å². The summed E-state index contributed by atoms with van der Waals surface area (Å²) in [6, 6.07) is 6.64. The van der Waals surface area contributed by atoms with Gasteiger partial charge >= 0.3 is 0 Å². The van der Waals surface area contributed by atoms with Crippen LogP contribution in [0.1, 0.15) is 43.7 Å². The van der Waals surface area contributed by atoms with Crippen LogP contribution >= 0.6 is 0 Å². The van der Waals surface area contributed by atoms with E-state index < -0.39 is 16.1 Å². The maximum absolute atomic E-state index is 6.21. The first-order valence-electron chi connectivity index (χ1n) is 13.3. The van der Waals surface area contributed by atoms with Crippen molar-refractivity contribution in [3.05, 3.63) is 24.0 Å². The van der Waals surface area contributed by atoms with E-state index in [2.05, 4.69) is 55.3 Å². The van der Waals surface area contributed by atoms with E-state index in [4.69, 9.17) is 14.5 Å². The first-order valence-corrected chi connectivity index (χ1v) is 20.7. The van der Waals surface area contributed by atoms with E-state index in [1.165, 1.54) is 49.9 Å². The lowest BCUT2D eigenvalue weighted by Gasteiger charge is -2.30. The molecule has 2 fully saturated rings. The number of aromatic nitrogens is 3. The van der Waals surface area contributed by atoms with E-state index >= 15 is 0 Å².